The van der Waals surface area contributed by atoms with Crippen molar-refractivity contribution in [3.8, 4) is 5.69 Å². The Morgan fingerprint density at radius 1 is 1.15 bits per heavy atom. The highest BCUT2D eigenvalue weighted by atomic mass is 35.5. The van der Waals surface area contributed by atoms with Gasteiger partial charge in [0.15, 0.2) is 5.16 Å². The van der Waals surface area contributed by atoms with Gasteiger partial charge in [0.25, 0.3) is 5.56 Å². The molecule has 27 heavy (non-hydrogen) atoms. The van der Waals surface area contributed by atoms with Crippen LogP contribution in [0.2, 0.25) is 5.02 Å². The molecule has 7 heteroatoms. The lowest BCUT2D eigenvalue weighted by Gasteiger charge is -2.14. The molecule has 0 saturated heterocycles. The zero-order valence-corrected chi connectivity index (χ0v) is 16.3. The molecule has 4 aromatic rings. The molecule has 0 fully saturated rings. The lowest BCUT2D eigenvalue weighted by Crippen LogP contribution is -2.22. The molecule has 4 rings (SSSR count). The highest BCUT2D eigenvalue weighted by Gasteiger charge is 2.16. The number of aryl methyl sites for hydroxylation is 2. The molecule has 0 radical (unpaired) electrons. The highest BCUT2D eigenvalue weighted by Crippen LogP contribution is 2.26. The van der Waals surface area contributed by atoms with Crippen LogP contribution in [0.4, 0.5) is 0 Å². The maximum absolute atomic E-state index is 13.3. The van der Waals surface area contributed by atoms with Gasteiger partial charge >= 0.3 is 0 Å². The molecule has 0 saturated carbocycles. The van der Waals surface area contributed by atoms with Gasteiger partial charge in [-0.05, 0) is 43.7 Å². The van der Waals surface area contributed by atoms with E-state index in [9.17, 15) is 4.79 Å². The molecule has 0 N–H and O–H groups in total. The molecule has 136 valence electrons. The van der Waals surface area contributed by atoms with E-state index in [1.54, 1.807) is 22.8 Å². The summed E-state index contributed by atoms with van der Waals surface area (Å²) in [5.41, 5.74) is 3.06. The minimum absolute atomic E-state index is 0.121. The summed E-state index contributed by atoms with van der Waals surface area (Å²) in [6.07, 6.45) is 0. The van der Waals surface area contributed by atoms with E-state index in [-0.39, 0.29) is 5.56 Å². The molecule has 0 bridgehead atoms. The van der Waals surface area contributed by atoms with Crippen LogP contribution >= 0.6 is 23.4 Å². The van der Waals surface area contributed by atoms with E-state index in [0.717, 1.165) is 22.7 Å². The SMILES string of the molecule is Cc1cc(CSc2nc3cc(Cl)ccc3c(=O)n2-c2ccccc2C)no1. The Morgan fingerprint density at radius 2 is 1.96 bits per heavy atom. The minimum atomic E-state index is -0.121. The average Bonchev–Trinajstić information content (AvgIpc) is 3.06. The summed E-state index contributed by atoms with van der Waals surface area (Å²) in [5, 5.41) is 5.68. The Labute approximate surface area is 165 Å². The third kappa shape index (κ3) is 3.50. The number of para-hydroxylation sites is 1. The highest BCUT2D eigenvalue weighted by molar-refractivity contribution is 7.98. The Hall–Kier alpha value is -2.57. The van der Waals surface area contributed by atoms with Crippen molar-refractivity contribution in [2.45, 2.75) is 24.8 Å². The molecule has 2 aromatic heterocycles. The van der Waals surface area contributed by atoms with Gasteiger partial charge in [-0.3, -0.25) is 9.36 Å². The van der Waals surface area contributed by atoms with Crippen molar-refractivity contribution in [1.82, 2.24) is 14.7 Å². The number of benzene rings is 2. The van der Waals surface area contributed by atoms with E-state index in [4.69, 9.17) is 21.1 Å². The first-order valence-corrected chi connectivity index (χ1v) is 9.72. The molecule has 2 heterocycles. The first-order valence-electron chi connectivity index (χ1n) is 8.36. The van der Waals surface area contributed by atoms with Gasteiger partial charge in [-0.15, -0.1) is 0 Å². The predicted molar refractivity (Wildman–Crippen MR) is 108 cm³/mol. The fourth-order valence-corrected chi connectivity index (χ4v) is 3.94. The molecule has 2 aromatic carbocycles. The summed E-state index contributed by atoms with van der Waals surface area (Å²) in [5.74, 6) is 1.29. The maximum Gasteiger partial charge on any atom is 0.266 e. The number of aromatic nitrogens is 3. The third-order valence-electron chi connectivity index (χ3n) is 4.18. The number of nitrogens with zero attached hydrogens (tertiary/aromatic N) is 3. The summed E-state index contributed by atoms with van der Waals surface area (Å²) in [6.45, 7) is 3.82. The largest absolute Gasteiger partial charge is 0.361 e. The van der Waals surface area contributed by atoms with Gasteiger partial charge in [-0.25, -0.2) is 4.98 Å². The standard InChI is InChI=1S/C20H16ClN3O2S/c1-12-5-3-4-6-18(12)24-19(25)16-8-7-14(21)10-17(16)22-20(24)27-11-15-9-13(2)26-23-15/h3-10H,11H2,1-2H3. The summed E-state index contributed by atoms with van der Waals surface area (Å²) in [4.78, 5) is 18.0. The number of fused-ring (bicyclic) bond motifs is 1. The molecule has 0 amide bonds. The van der Waals surface area contributed by atoms with Gasteiger partial charge in [0.2, 0.25) is 0 Å². The quantitative estimate of drug-likeness (QED) is 0.360. The first-order chi connectivity index (χ1) is 13.0. The fraction of sp³-hybridized carbons (Fsp3) is 0.150. The lowest BCUT2D eigenvalue weighted by molar-refractivity contribution is 0.393. The van der Waals surface area contributed by atoms with Crippen LogP contribution in [0.5, 0.6) is 0 Å². The molecular weight excluding hydrogens is 382 g/mol. The second-order valence-electron chi connectivity index (χ2n) is 6.20. The molecule has 0 atom stereocenters. The molecular formula is C20H16ClN3O2S. The van der Waals surface area contributed by atoms with Crippen molar-refractivity contribution >= 4 is 34.3 Å². The van der Waals surface area contributed by atoms with Crippen LogP contribution in [0.1, 0.15) is 17.0 Å². The fourth-order valence-electron chi connectivity index (χ4n) is 2.89. The van der Waals surface area contributed by atoms with Crippen molar-refractivity contribution in [2.24, 2.45) is 0 Å². The number of thioether (sulfide) groups is 1. The Bertz CT molecular complexity index is 1200. The van der Waals surface area contributed by atoms with Gasteiger partial charge < -0.3 is 4.52 Å². The van der Waals surface area contributed by atoms with Crippen molar-refractivity contribution < 1.29 is 4.52 Å². The lowest BCUT2D eigenvalue weighted by atomic mass is 10.2. The number of hydrogen-bond acceptors (Lipinski definition) is 5. The van der Waals surface area contributed by atoms with Gasteiger partial charge in [-0.1, -0.05) is 46.7 Å². The van der Waals surface area contributed by atoms with E-state index < -0.39 is 0 Å². The van der Waals surface area contributed by atoms with E-state index in [1.165, 1.54) is 11.8 Å². The van der Waals surface area contributed by atoms with Crippen LogP contribution in [0.3, 0.4) is 0 Å². The van der Waals surface area contributed by atoms with E-state index in [2.05, 4.69) is 5.16 Å². The van der Waals surface area contributed by atoms with E-state index in [1.807, 2.05) is 44.2 Å². The average molecular weight is 398 g/mol. The van der Waals surface area contributed by atoms with Crippen molar-refractivity contribution in [2.75, 3.05) is 0 Å². The number of hydrogen-bond donors (Lipinski definition) is 0. The predicted octanol–water partition coefficient (Wildman–Crippen LogP) is 4.94. The zero-order chi connectivity index (χ0) is 19.0. The molecule has 0 aliphatic carbocycles. The second-order valence-corrected chi connectivity index (χ2v) is 7.58. The summed E-state index contributed by atoms with van der Waals surface area (Å²) < 4.78 is 6.78. The van der Waals surface area contributed by atoms with Gasteiger partial charge in [0.1, 0.15) is 5.76 Å². The maximum atomic E-state index is 13.3. The normalized spacial score (nSPS) is 11.2. The topological polar surface area (TPSA) is 60.9 Å². The Balaban J connectivity index is 1.90. The molecule has 0 unspecified atom stereocenters. The van der Waals surface area contributed by atoms with Crippen LogP contribution < -0.4 is 5.56 Å². The van der Waals surface area contributed by atoms with Crippen LogP contribution in [-0.2, 0) is 5.75 Å². The molecule has 0 spiro atoms. The van der Waals surface area contributed by atoms with Crippen molar-refractivity contribution in [3.05, 3.63) is 80.9 Å². The minimum Gasteiger partial charge on any atom is -0.361 e. The summed E-state index contributed by atoms with van der Waals surface area (Å²) in [7, 11) is 0. The van der Waals surface area contributed by atoms with Crippen molar-refractivity contribution in [3.63, 3.8) is 0 Å². The monoisotopic (exact) mass is 397 g/mol. The van der Waals surface area contributed by atoms with Crippen LogP contribution in [0, 0.1) is 13.8 Å². The van der Waals surface area contributed by atoms with Crippen LogP contribution in [0.25, 0.3) is 16.6 Å². The third-order valence-corrected chi connectivity index (χ3v) is 5.39. The van der Waals surface area contributed by atoms with Gasteiger partial charge in [0.05, 0.1) is 22.3 Å². The summed E-state index contributed by atoms with van der Waals surface area (Å²) in [6, 6.07) is 14.8. The first kappa shape index (κ1) is 17.8. The van der Waals surface area contributed by atoms with E-state index >= 15 is 0 Å². The smallest absolute Gasteiger partial charge is 0.266 e. The Morgan fingerprint density at radius 3 is 2.70 bits per heavy atom. The van der Waals surface area contributed by atoms with E-state index in [0.29, 0.717) is 26.8 Å². The molecule has 0 aliphatic heterocycles. The second kappa shape index (κ2) is 7.21. The van der Waals surface area contributed by atoms with Crippen molar-refractivity contribution in [1.29, 1.82) is 0 Å². The molecule has 5 nitrogen and oxygen atoms in total. The van der Waals surface area contributed by atoms with Crippen LogP contribution in [0.15, 0.2) is 63.0 Å². The van der Waals surface area contributed by atoms with Gasteiger partial charge in [0, 0.05) is 16.8 Å². The zero-order valence-electron chi connectivity index (χ0n) is 14.8. The number of halogens is 1. The number of rotatable bonds is 4. The van der Waals surface area contributed by atoms with Gasteiger partial charge in [-0.2, -0.15) is 0 Å². The summed E-state index contributed by atoms with van der Waals surface area (Å²) >= 11 is 7.54. The van der Waals surface area contributed by atoms with Crippen LogP contribution in [-0.4, -0.2) is 14.7 Å². The molecule has 0 aliphatic rings. The Kier molecular flexibility index (Phi) is 4.76.